The maximum atomic E-state index is 4.99. The third-order valence-corrected chi connectivity index (χ3v) is 5.08. The topological polar surface area (TPSA) is 15.6 Å². The van der Waals surface area contributed by atoms with Crippen molar-refractivity contribution in [2.75, 3.05) is 19.6 Å². The van der Waals surface area contributed by atoms with E-state index in [0.717, 1.165) is 41.5 Å². The van der Waals surface area contributed by atoms with Crippen LogP contribution in [0.4, 0.5) is 5.69 Å². The molecule has 0 bridgehead atoms. The molecule has 0 spiro atoms. The summed E-state index contributed by atoms with van der Waals surface area (Å²) in [6.45, 7) is 7.95. The van der Waals surface area contributed by atoms with Crippen molar-refractivity contribution in [2.24, 2.45) is 10.9 Å². The molecule has 0 saturated carbocycles. The van der Waals surface area contributed by atoms with Gasteiger partial charge in [-0.05, 0) is 29.2 Å². The maximum absolute atomic E-state index is 4.99. The van der Waals surface area contributed by atoms with Crippen molar-refractivity contribution in [2.45, 2.75) is 13.8 Å². The third kappa shape index (κ3) is 5.10. The van der Waals surface area contributed by atoms with Crippen molar-refractivity contribution in [1.82, 2.24) is 4.90 Å². The second-order valence-electron chi connectivity index (χ2n) is 8.15. The first kappa shape index (κ1) is 19.4. The molecule has 1 heterocycles. The Morgan fingerprint density at radius 2 is 1.38 bits per heavy atom. The van der Waals surface area contributed by atoms with Gasteiger partial charge in [-0.3, -0.25) is 4.90 Å². The van der Waals surface area contributed by atoms with E-state index in [-0.39, 0.29) is 0 Å². The third-order valence-electron chi connectivity index (χ3n) is 5.08. The molecule has 3 aromatic rings. The zero-order valence-corrected chi connectivity index (χ0v) is 17.3. The predicted octanol–water partition coefficient (Wildman–Crippen LogP) is 6.21. The minimum absolute atomic E-state index is 0.733. The lowest BCUT2D eigenvalue weighted by atomic mass is 10.0. The van der Waals surface area contributed by atoms with Crippen LogP contribution >= 0.6 is 0 Å². The highest BCUT2D eigenvalue weighted by atomic mass is 15.2. The monoisotopic (exact) mass is 380 g/mol. The summed E-state index contributed by atoms with van der Waals surface area (Å²) in [6.07, 6.45) is 2.32. The minimum atomic E-state index is 0.733. The molecule has 3 aromatic carbocycles. The van der Waals surface area contributed by atoms with Crippen LogP contribution in [-0.4, -0.2) is 30.2 Å². The van der Waals surface area contributed by atoms with Gasteiger partial charge in [-0.1, -0.05) is 92.7 Å². The molecule has 4 rings (SSSR count). The van der Waals surface area contributed by atoms with Crippen LogP contribution in [0.5, 0.6) is 0 Å². The van der Waals surface area contributed by atoms with Gasteiger partial charge in [0.05, 0.1) is 11.4 Å². The summed E-state index contributed by atoms with van der Waals surface area (Å²) in [5.41, 5.74) is 7.00. The summed E-state index contributed by atoms with van der Waals surface area (Å²) >= 11 is 0. The van der Waals surface area contributed by atoms with E-state index in [4.69, 9.17) is 4.99 Å². The number of aliphatic imine (C=N–C) groups is 1. The van der Waals surface area contributed by atoms with Crippen LogP contribution < -0.4 is 0 Å². The molecule has 2 nitrogen and oxygen atoms in total. The summed E-state index contributed by atoms with van der Waals surface area (Å²) in [7, 11) is 0. The summed E-state index contributed by atoms with van der Waals surface area (Å²) in [5, 5.41) is 0. The Kier molecular flexibility index (Phi) is 6.02. The normalized spacial score (nSPS) is 13.8. The van der Waals surface area contributed by atoms with Crippen LogP contribution in [0.2, 0.25) is 0 Å². The molecule has 1 saturated heterocycles. The average molecular weight is 381 g/mol. The molecule has 146 valence electrons. The summed E-state index contributed by atoms with van der Waals surface area (Å²) in [4.78, 5) is 7.49. The summed E-state index contributed by atoms with van der Waals surface area (Å²) < 4.78 is 0. The van der Waals surface area contributed by atoms with E-state index in [1.54, 1.807) is 0 Å². The van der Waals surface area contributed by atoms with Crippen molar-refractivity contribution >= 4 is 17.5 Å². The Balaban J connectivity index is 1.54. The average Bonchev–Trinajstić information content (AvgIpc) is 2.72. The number of hydrogen-bond donors (Lipinski definition) is 0. The molecule has 0 N–H and O–H groups in total. The Hall–Kier alpha value is -2.97. The van der Waals surface area contributed by atoms with Crippen LogP contribution in [0.25, 0.3) is 6.08 Å². The van der Waals surface area contributed by atoms with Gasteiger partial charge in [0.1, 0.15) is 0 Å². The minimum Gasteiger partial charge on any atom is -0.295 e. The molecule has 0 amide bonds. The zero-order valence-electron chi connectivity index (χ0n) is 17.3. The van der Waals surface area contributed by atoms with E-state index in [2.05, 4.69) is 97.6 Å². The fourth-order valence-corrected chi connectivity index (χ4v) is 3.76. The number of nitrogens with zero attached hydrogens (tertiary/aromatic N) is 2. The molecule has 2 heteroatoms. The van der Waals surface area contributed by atoms with E-state index < -0.39 is 0 Å². The van der Waals surface area contributed by atoms with Crippen LogP contribution in [0.15, 0.2) is 95.5 Å². The van der Waals surface area contributed by atoms with Gasteiger partial charge >= 0.3 is 0 Å². The molecule has 0 aromatic heterocycles. The molecular weight excluding hydrogens is 352 g/mol. The van der Waals surface area contributed by atoms with Gasteiger partial charge in [-0.2, -0.15) is 0 Å². The highest BCUT2D eigenvalue weighted by Crippen LogP contribution is 2.22. The number of rotatable bonds is 6. The first-order valence-corrected chi connectivity index (χ1v) is 10.4. The molecule has 1 aliphatic rings. The highest BCUT2D eigenvalue weighted by Gasteiger charge is 2.20. The lowest BCUT2D eigenvalue weighted by Gasteiger charge is -2.35. The van der Waals surface area contributed by atoms with Crippen molar-refractivity contribution in [3.05, 3.63) is 107 Å². The van der Waals surface area contributed by atoms with Gasteiger partial charge in [-0.15, -0.1) is 0 Å². The molecule has 1 fully saturated rings. The quantitative estimate of drug-likeness (QED) is 0.464. The zero-order chi connectivity index (χ0) is 20.1. The molecule has 0 unspecified atom stereocenters. The van der Waals surface area contributed by atoms with Crippen LogP contribution in [0, 0.1) is 5.92 Å². The lowest BCUT2D eigenvalue weighted by molar-refractivity contribution is 0.224. The van der Waals surface area contributed by atoms with Crippen molar-refractivity contribution in [3.8, 4) is 0 Å². The second kappa shape index (κ2) is 9.02. The SMILES string of the molecule is CC(C)CN1CC(=Cc2ccc(N=C(c3ccccc3)c3ccccc3)cc2)C1. The molecule has 0 radical (unpaired) electrons. The number of likely N-dealkylation sites (tertiary alicyclic amines) is 1. The van der Waals surface area contributed by atoms with Crippen molar-refractivity contribution < 1.29 is 0 Å². The Bertz CT molecular complexity index is 934. The summed E-state index contributed by atoms with van der Waals surface area (Å²) in [5.74, 6) is 0.733. The molecule has 29 heavy (non-hydrogen) atoms. The molecule has 1 aliphatic heterocycles. The maximum Gasteiger partial charge on any atom is 0.0781 e. The van der Waals surface area contributed by atoms with E-state index in [1.807, 2.05) is 12.1 Å². The van der Waals surface area contributed by atoms with Gasteiger partial charge < -0.3 is 0 Å². The lowest BCUT2D eigenvalue weighted by Crippen LogP contribution is -2.41. The molecule has 0 aliphatic carbocycles. The number of hydrogen-bond acceptors (Lipinski definition) is 2. The fraction of sp³-hybridized carbons (Fsp3) is 0.222. The van der Waals surface area contributed by atoms with E-state index in [9.17, 15) is 0 Å². The van der Waals surface area contributed by atoms with Crippen molar-refractivity contribution in [1.29, 1.82) is 0 Å². The van der Waals surface area contributed by atoms with Crippen LogP contribution in [-0.2, 0) is 0 Å². The van der Waals surface area contributed by atoms with Crippen LogP contribution in [0.3, 0.4) is 0 Å². The second-order valence-corrected chi connectivity index (χ2v) is 8.15. The first-order valence-electron chi connectivity index (χ1n) is 10.4. The van der Waals surface area contributed by atoms with Gasteiger partial charge in [0, 0.05) is 30.8 Å². The number of benzene rings is 3. The van der Waals surface area contributed by atoms with E-state index in [1.165, 1.54) is 17.7 Å². The predicted molar refractivity (Wildman–Crippen MR) is 124 cm³/mol. The van der Waals surface area contributed by atoms with Crippen molar-refractivity contribution in [3.63, 3.8) is 0 Å². The molecular formula is C27H28N2. The Morgan fingerprint density at radius 3 is 1.90 bits per heavy atom. The fourth-order valence-electron chi connectivity index (χ4n) is 3.76. The Labute approximate surface area is 174 Å². The molecule has 0 atom stereocenters. The largest absolute Gasteiger partial charge is 0.295 e. The first-order chi connectivity index (χ1) is 14.2. The summed E-state index contributed by atoms with van der Waals surface area (Å²) in [6, 6.07) is 29.3. The highest BCUT2D eigenvalue weighted by molar-refractivity contribution is 6.13. The van der Waals surface area contributed by atoms with Gasteiger partial charge in [0.15, 0.2) is 0 Å². The standard InChI is InChI=1S/C27H28N2/c1-21(2)18-29-19-23(20-29)17-22-13-15-26(16-14-22)28-27(24-9-5-3-6-10-24)25-11-7-4-8-12-25/h3-17,21H,18-20H2,1-2H3. The Morgan fingerprint density at radius 1 is 0.828 bits per heavy atom. The smallest absolute Gasteiger partial charge is 0.0781 e. The van der Waals surface area contributed by atoms with Gasteiger partial charge in [0.2, 0.25) is 0 Å². The van der Waals surface area contributed by atoms with Gasteiger partial charge in [-0.25, -0.2) is 4.99 Å². The van der Waals surface area contributed by atoms with Crippen LogP contribution in [0.1, 0.15) is 30.5 Å². The van der Waals surface area contributed by atoms with E-state index >= 15 is 0 Å². The van der Waals surface area contributed by atoms with Gasteiger partial charge in [0.25, 0.3) is 0 Å². The van der Waals surface area contributed by atoms with E-state index in [0.29, 0.717) is 0 Å².